The van der Waals surface area contributed by atoms with Crippen LogP contribution in [0.2, 0.25) is 0 Å². The minimum atomic E-state index is 0.380. The van der Waals surface area contributed by atoms with Crippen molar-refractivity contribution in [2.24, 2.45) is 0 Å². The number of hydrogen-bond acceptors (Lipinski definition) is 6. The Hall–Kier alpha value is -2.54. The van der Waals surface area contributed by atoms with Crippen molar-refractivity contribution in [3.63, 3.8) is 0 Å². The van der Waals surface area contributed by atoms with Gasteiger partial charge < -0.3 is 10.3 Å². The van der Waals surface area contributed by atoms with Crippen LogP contribution in [0.5, 0.6) is 0 Å². The first-order chi connectivity index (χ1) is 11.2. The first-order valence-electron chi connectivity index (χ1n) is 7.12. The van der Waals surface area contributed by atoms with Gasteiger partial charge in [0.2, 0.25) is 5.95 Å². The molecule has 2 heterocycles. The van der Waals surface area contributed by atoms with E-state index in [1.165, 1.54) is 17.3 Å². The van der Waals surface area contributed by atoms with Gasteiger partial charge in [0.1, 0.15) is 11.5 Å². The zero-order valence-electron chi connectivity index (χ0n) is 12.8. The number of nitrogen functional groups attached to an aromatic ring is 1. The molecule has 6 nitrogen and oxygen atoms in total. The summed E-state index contributed by atoms with van der Waals surface area (Å²) in [6.45, 7) is 6.34. The molecule has 0 radical (unpaired) electrons. The van der Waals surface area contributed by atoms with Crippen molar-refractivity contribution in [3.05, 3.63) is 54.3 Å². The molecular weight excluding hydrogens is 310 g/mol. The number of rotatable bonds is 6. The molecular formula is C16H17N5OS. The molecule has 2 aromatic heterocycles. The number of benzene rings is 1. The molecule has 0 saturated heterocycles. The fraction of sp³-hybridized carbons (Fsp3) is 0.188. The molecule has 0 aliphatic rings. The molecule has 0 spiro atoms. The lowest BCUT2D eigenvalue weighted by Crippen LogP contribution is -2.02. The molecule has 0 unspecified atom stereocenters. The SMILES string of the molecule is C=CCn1c(N)nnc1SCc1cc(-c2ccc(C)cc2)no1. The first-order valence-corrected chi connectivity index (χ1v) is 8.11. The van der Waals surface area contributed by atoms with Gasteiger partial charge in [0.05, 0.1) is 5.75 Å². The third-order valence-corrected chi connectivity index (χ3v) is 4.30. The molecule has 1 aromatic carbocycles. The molecule has 0 aliphatic heterocycles. The Bertz CT molecular complexity index is 806. The van der Waals surface area contributed by atoms with Gasteiger partial charge in [0, 0.05) is 18.2 Å². The smallest absolute Gasteiger partial charge is 0.222 e. The van der Waals surface area contributed by atoms with Gasteiger partial charge in [-0.2, -0.15) is 0 Å². The zero-order valence-corrected chi connectivity index (χ0v) is 13.6. The topological polar surface area (TPSA) is 82.8 Å². The maximum Gasteiger partial charge on any atom is 0.222 e. The van der Waals surface area contributed by atoms with Crippen LogP contribution in [0.25, 0.3) is 11.3 Å². The van der Waals surface area contributed by atoms with E-state index in [1.807, 2.05) is 18.2 Å². The maximum atomic E-state index is 5.78. The van der Waals surface area contributed by atoms with E-state index in [9.17, 15) is 0 Å². The summed E-state index contributed by atoms with van der Waals surface area (Å²) in [6, 6.07) is 10.1. The highest BCUT2D eigenvalue weighted by Gasteiger charge is 2.12. The Morgan fingerprint density at radius 2 is 2.09 bits per heavy atom. The highest BCUT2D eigenvalue weighted by Crippen LogP contribution is 2.26. The summed E-state index contributed by atoms with van der Waals surface area (Å²) in [6.07, 6.45) is 1.76. The quantitative estimate of drug-likeness (QED) is 0.552. The van der Waals surface area contributed by atoms with Crippen LogP contribution < -0.4 is 5.73 Å². The van der Waals surface area contributed by atoms with Crippen molar-refractivity contribution in [3.8, 4) is 11.3 Å². The molecule has 2 N–H and O–H groups in total. The summed E-state index contributed by atoms with van der Waals surface area (Å²) in [5.74, 6) is 1.76. The van der Waals surface area contributed by atoms with E-state index in [-0.39, 0.29) is 0 Å². The molecule has 0 fully saturated rings. The molecule has 0 saturated carbocycles. The summed E-state index contributed by atoms with van der Waals surface area (Å²) in [7, 11) is 0. The number of allylic oxidation sites excluding steroid dienone is 1. The zero-order chi connectivity index (χ0) is 16.2. The number of nitrogens with two attached hydrogens (primary N) is 1. The predicted octanol–water partition coefficient (Wildman–Crippen LogP) is 3.30. The summed E-state index contributed by atoms with van der Waals surface area (Å²) >= 11 is 1.50. The molecule has 0 aliphatic carbocycles. The van der Waals surface area contributed by atoms with E-state index in [4.69, 9.17) is 10.3 Å². The normalized spacial score (nSPS) is 10.8. The average Bonchev–Trinajstić information content (AvgIpc) is 3.15. The van der Waals surface area contributed by atoms with Gasteiger partial charge in [-0.3, -0.25) is 4.57 Å². The van der Waals surface area contributed by atoms with E-state index < -0.39 is 0 Å². The van der Waals surface area contributed by atoms with Gasteiger partial charge in [-0.1, -0.05) is 52.8 Å². The predicted molar refractivity (Wildman–Crippen MR) is 90.9 cm³/mol. The van der Waals surface area contributed by atoms with Crippen molar-refractivity contribution in [2.75, 3.05) is 5.73 Å². The van der Waals surface area contributed by atoms with Crippen LogP contribution in [0, 0.1) is 6.92 Å². The Balaban J connectivity index is 1.70. The standard InChI is InChI=1S/C16H17N5OS/c1-3-8-21-15(17)18-19-16(21)23-10-13-9-14(20-22-13)12-6-4-11(2)5-7-12/h3-7,9H,1,8,10H2,2H3,(H2,17,18). The van der Waals surface area contributed by atoms with Gasteiger partial charge in [-0.25, -0.2) is 0 Å². The van der Waals surface area contributed by atoms with E-state index in [0.29, 0.717) is 18.2 Å². The van der Waals surface area contributed by atoms with Gasteiger partial charge in [-0.15, -0.1) is 16.8 Å². The number of aryl methyl sites for hydroxylation is 1. The van der Waals surface area contributed by atoms with Crippen LogP contribution in [-0.2, 0) is 12.3 Å². The monoisotopic (exact) mass is 327 g/mol. The summed E-state index contributed by atoms with van der Waals surface area (Å²) in [4.78, 5) is 0. The number of thioether (sulfide) groups is 1. The molecule has 118 valence electrons. The lowest BCUT2D eigenvalue weighted by atomic mass is 10.1. The lowest BCUT2D eigenvalue weighted by Gasteiger charge is -2.03. The number of nitrogens with zero attached hydrogens (tertiary/aromatic N) is 4. The Kier molecular flexibility index (Phi) is 4.47. The number of hydrogen-bond donors (Lipinski definition) is 1. The second-order valence-electron chi connectivity index (χ2n) is 5.07. The fourth-order valence-electron chi connectivity index (χ4n) is 2.08. The molecule has 3 aromatic rings. The third kappa shape index (κ3) is 3.45. The number of aromatic nitrogens is 4. The lowest BCUT2D eigenvalue weighted by molar-refractivity contribution is 0.397. The Labute approximate surface area is 138 Å². The van der Waals surface area contributed by atoms with Crippen LogP contribution in [-0.4, -0.2) is 19.9 Å². The van der Waals surface area contributed by atoms with Crippen molar-refractivity contribution >= 4 is 17.7 Å². The summed E-state index contributed by atoms with van der Waals surface area (Å²) < 4.78 is 7.20. The van der Waals surface area contributed by atoms with E-state index >= 15 is 0 Å². The highest BCUT2D eigenvalue weighted by atomic mass is 32.2. The van der Waals surface area contributed by atoms with Crippen molar-refractivity contribution in [1.29, 1.82) is 0 Å². The van der Waals surface area contributed by atoms with Crippen molar-refractivity contribution < 1.29 is 4.52 Å². The molecule has 3 rings (SSSR count). The second-order valence-corrected chi connectivity index (χ2v) is 6.02. The van der Waals surface area contributed by atoms with Gasteiger partial charge in [0.15, 0.2) is 5.16 Å². The molecule has 7 heteroatoms. The first kappa shape index (κ1) is 15.4. The molecule has 0 amide bonds. The maximum absolute atomic E-state index is 5.78. The third-order valence-electron chi connectivity index (χ3n) is 3.31. The fourth-order valence-corrected chi connectivity index (χ4v) is 2.91. The second kappa shape index (κ2) is 6.70. The van der Waals surface area contributed by atoms with E-state index in [0.717, 1.165) is 22.2 Å². The average molecular weight is 327 g/mol. The van der Waals surface area contributed by atoms with Crippen molar-refractivity contribution in [1.82, 2.24) is 19.9 Å². The minimum Gasteiger partial charge on any atom is -0.368 e. The summed E-state index contributed by atoms with van der Waals surface area (Å²) in [5.41, 5.74) is 8.86. The number of anilines is 1. The summed E-state index contributed by atoms with van der Waals surface area (Å²) in [5, 5.41) is 12.8. The van der Waals surface area contributed by atoms with E-state index in [2.05, 4.69) is 41.0 Å². The van der Waals surface area contributed by atoms with Gasteiger partial charge >= 0.3 is 0 Å². The minimum absolute atomic E-state index is 0.380. The Morgan fingerprint density at radius 1 is 1.30 bits per heavy atom. The van der Waals surface area contributed by atoms with Crippen LogP contribution in [0.15, 0.2) is 52.7 Å². The molecule has 0 bridgehead atoms. The van der Waals surface area contributed by atoms with Crippen LogP contribution >= 0.6 is 11.8 Å². The largest absolute Gasteiger partial charge is 0.368 e. The van der Waals surface area contributed by atoms with Gasteiger partial charge in [0.25, 0.3) is 0 Å². The Morgan fingerprint density at radius 3 is 2.83 bits per heavy atom. The van der Waals surface area contributed by atoms with Gasteiger partial charge in [-0.05, 0) is 6.92 Å². The molecule has 23 heavy (non-hydrogen) atoms. The van der Waals surface area contributed by atoms with Crippen molar-refractivity contribution in [2.45, 2.75) is 24.4 Å². The van der Waals surface area contributed by atoms with Crippen LogP contribution in [0.3, 0.4) is 0 Å². The van der Waals surface area contributed by atoms with E-state index in [1.54, 1.807) is 10.6 Å². The highest BCUT2D eigenvalue weighted by molar-refractivity contribution is 7.98. The van der Waals surface area contributed by atoms with Crippen LogP contribution in [0.1, 0.15) is 11.3 Å². The van der Waals surface area contributed by atoms with Crippen LogP contribution in [0.4, 0.5) is 5.95 Å². The molecule has 0 atom stereocenters.